The number of aromatic nitrogens is 3. The molecule has 3 heterocycles. The van der Waals surface area contributed by atoms with Crippen molar-refractivity contribution in [2.24, 2.45) is 0 Å². The molecule has 0 spiro atoms. The van der Waals surface area contributed by atoms with E-state index in [9.17, 15) is 9.90 Å². The number of carbonyl (C=O) groups excluding carboxylic acids is 1. The van der Waals surface area contributed by atoms with Gasteiger partial charge in [0.1, 0.15) is 30.0 Å². The maximum absolute atomic E-state index is 12.3. The minimum absolute atomic E-state index is 0.105. The van der Waals surface area contributed by atoms with Gasteiger partial charge in [-0.2, -0.15) is 0 Å². The topological polar surface area (TPSA) is 144 Å². The maximum atomic E-state index is 12.3. The fraction of sp³-hybridized carbons (Fsp3) is 0.481. The van der Waals surface area contributed by atoms with Crippen molar-refractivity contribution in [3.8, 4) is 28.4 Å². The van der Waals surface area contributed by atoms with Crippen molar-refractivity contribution in [2.75, 3.05) is 58.9 Å². The molecule has 2 atom stereocenters. The first-order valence-electron chi connectivity index (χ1n) is 13.0. The van der Waals surface area contributed by atoms with Gasteiger partial charge in [-0.1, -0.05) is 16.8 Å². The van der Waals surface area contributed by atoms with E-state index in [1.54, 1.807) is 30.1 Å². The van der Waals surface area contributed by atoms with Gasteiger partial charge in [-0.05, 0) is 46.0 Å². The molecule has 3 aromatic rings. The van der Waals surface area contributed by atoms with Crippen LogP contribution in [-0.2, 0) is 9.47 Å². The number of nitrogens with one attached hydrogen (secondary N) is 2. The van der Waals surface area contributed by atoms with Gasteiger partial charge in [0.05, 0.1) is 48.3 Å². The smallest absolute Gasteiger partial charge is 0.409 e. The Hall–Kier alpha value is -3.45. The van der Waals surface area contributed by atoms with Crippen molar-refractivity contribution in [3.63, 3.8) is 0 Å². The molecule has 12 nitrogen and oxygen atoms in total. The van der Waals surface area contributed by atoms with Crippen molar-refractivity contribution in [1.29, 1.82) is 0 Å². The number of ether oxygens (including phenoxy) is 3. The van der Waals surface area contributed by atoms with Crippen LogP contribution in [0.5, 0.6) is 5.75 Å². The first-order chi connectivity index (χ1) is 19.2. The first-order valence-corrected chi connectivity index (χ1v) is 13.3. The van der Waals surface area contributed by atoms with Gasteiger partial charge in [-0.15, -0.1) is 0 Å². The third-order valence-electron chi connectivity index (χ3n) is 6.62. The van der Waals surface area contributed by atoms with Crippen LogP contribution in [0.1, 0.15) is 17.0 Å². The molecule has 0 saturated carbocycles. The van der Waals surface area contributed by atoms with Crippen LogP contribution in [-0.4, -0.2) is 97.0 Å². The van der Waals surface area contributed by atoms with E-state index < -0.39 is 12.2 Å². The number of morpholine rings is 1. The number of carbonyl (C=O) groups is 1. The highest BCUT2D eigenvalue weighted by molar-refractivity contribution is 6.33. The third kappa shape index (κ3) is 6.64. The van der Waals surface area contributed by atoms with Crippen molar-refractivity contribution in [2.45, 2.75) is 32.9 Å². The SMILES string of the molecule is CNC[C@H](O)COc1ccc(Cl)c(-c2nc(NC[C@H]3COCCN3C(=O)OC)c(C)c(-c3c(C)noc3C)n2)c1. The van der Waals surface area contributed by atoms with Crippen molar-refractivity contribution >= 4 is 23.5 Å². The molecular formula is C27H35ClN6O6. The minimum atomic E-state index is -0.671. The predicted octanol–water partition coefficient (Wildman–Crippen LogP) is 3.22. The number of likely N-dealkylation sites (N-methyl/N-ethyl adjacent to an activating group) is 1. The molecular weight excluding hydrogens is 540 g/mol. The molecule has 1 aliphatic rings. The molecule has 13 heteroatoms. The predicted molar refractivity (Wildman–Crippen MR) is 150 cm³/mol. The van der Waals surface area contributed by atoms with Crippen molar-refractivity contribution < 1.29 is 28.6 Å². The molecule has 1 saturated heterocycles. The van der Waals surface area contributed by atoms with Gasteiger partial charge >= 0.3 is 6.09 Å². The number of aryl methyl sites for hydroxylation is 2. The van der Waals surface area contributed by atoms with Gasteiger partial charge in [0, 0.05) is 30.8 Å². The van der Waals surface area contributed by atoms with Crippen molar-refractivity contribution in [3.05, 3.63) is 40.2 Å². The lowest BCUT2D eigenvalue weighted by atomic mass is 10.0. The zero-order valence-electron chi connectivity index (χ0n) is 23.3. The number of hydrogen-bond donors (Lipinski definition) is 3. The lowest BCUT2D eigenvalue weighted by Gasteiger charge is -2.34. The van der Waals surface area contributed by atoms with E-state index in [4.69, 9.17) is 40.3 Å². The molecule has 1 aliphatic heterocycles. The molecule has 0 bridgehead atoms. The van der Waals surface area contributed by atoms with Crippen LogP contribution in [0.4, 0.5) is 10.6 Å². The average Bonchev–Trinajstić information content (AvgIpc) is 3.29. The second-order valence-corrected chi connectivity index (χ2v) is 9.91. The lowest BCUT2D eigenvalue weighted by molar-refractivity contribution is -0.000105. The summed E-state index contributed by atoms with van der Waals surface area (Å²) in [5.41, 5.74) is 3.42. The molecule has 4 rings (SSSR count). The molecule has 1 aromatic carbocycles. The van der Waals surface area contributed by atoms with E-state index in [0.29, 0.717) is 78.0 Å². The average molecular weight is 575 g/mol. The molecule has 0 aliphatic carbocycles. The summed E-state index contributed by atoms with van der Waals surface area (Å²) >= 11 is 6.62. The summed E-state index contributed by atoms with van der Waals surface area (Å²) in [5.74, 6) is 2.05. The molecule has 216 valence electrons. The van der Waals surface area contributed by atoms with E-state index in [0.717, 1.165) is 11.1 Å². The number of nitrogens with zero attached hydrogens (tertiary/aromatic N) is 4. The lowest BCUT2D eigenvalue weighted by Crippen LogP contribution is -2.51. The summed E-state index contributed by atoms with van der Waals surface area (Å²) in [6.07, 6.45) is -1.08. The Morgan fingerprint density at radius 3 is 2.80 bits per heavy atom. The second kappa shape index (κ2) is 13.3. The minimum Gasteiger partial charge on any atom is -0.491 e. The quantitative estimate of drug-likeness (QED) is 0.328. The van der Waals surface area contributed by atoms with Crippen LogP contribution >= 0.6 is 11.6 Å². The molecule has 2 aromatic heterocycles. The number of halogens is 1. The van der Waals surface area contributed by atoms with Crippen LogP contribution in [0, 0.1) is 20.8 Å². The van der Waals surface area contributed by atoms with Gasteiger partial charge < -0.3 is 34.5 Å². The standard InChI is InChI=1S/C27H35ClN6O6/c1-15-24(23-16(2)33-40-17(23)3)31-26(21-10-20(6-7-22(21)28)39-14-19(35)12-29-4)32-25(15)30-11-18-13-38-9-8-34(18)27(36)37-5/h6-7,10,18-19,29,35H,8-9,11-14H2,1-5H3,(H,30,31,32)/t18-,19-/m0/s1. The summed E-state index contributed by atoms with van der Waals surface area (Å²) in [7, 11) is 3.12. The molecule has 0 unspecified atom stereocenters. The molecule has 3 N–H and O–H groups in total. The van der Waals surface area contributed by atoms with Gasteiger partial charge in [-0.3, -0.25) is 4.90 Å². The highest BCUT2D eigenvalue weighted by Crippen LogP contribution is 2.36. The van der Waals surface area contributed by atoms with Gasteiger partial charge in [0.15, 0.2) is 5.82 Å². The van der Waals surface area contributed by atoms with Crippen LogP contribution in [0.15, 0.2) is 22.7 Å². The summed E-state index contributed by atoms with van der Waals surface area (Å²) in [6.45, 7) is 7.71. The molecule has 1 fully saturated rings. The van der Waals surface area contributed by atoms with Gasteiger partial charge in [0.25, 0.3) is 0 Å². The van der Waals surface area contributed by atoms with Gasteiger partial charge in [-0.25, -0.2) is 14.8 Å². The number of amides is 1. The third-order valence-corrected chi connectivity index (χ3v) is 6.95. The maximum Gasteiger partial charge on any atom is 0.409 e. The molecule has 1 amide bonds. The molecule has 0 radical (unpaired) electrons. The number of benzene rings is 1. The summed E-state index contributed by atoms with van der Waals surface area (Å²) in [4.78, 5) is 23.7. The highest BCUT2D eigenvalue weighted by atomic mass is 35.5. The van der Waals surface area contributed by atoms with E-state index in [-0.39, 0.29) is 12.6 Å². The highest BCUT2D eigenvalue weighted by Gasteiger charge is 2.29. The van der Waals surface area contributed by atoms with Crippen LogP contribution < -0.4 is 15.4 Å². The van der Waals surface area contributed by atoms with E-state index in [2.05, 4.69) is 15.8 Å². The Kier molecular flexibility index (Phi) is 9.80. The fourth-order valence-electron chi connectivity index (χ4n) is 4.52. The Bertz CT molecular complexity index is 1320. The van der Waals surface area contributed by atoms with E-state index in [1.807, 2.05) is 20.8 Å². The fourth-order valence-corrected chi connectivity index (χ4v) is 4.72. The van der Waals surface area contributed by atoms with Gasteiger partial charge in [0.2, 0.25) is 0 Å². The Balaban J connectivity index is 1.72. The summed E-state index contributed by atoms with van der Waals surface area (Å²) < 4.78 is 21.8. The number of aliphatic hydroxyl groups excluding tert-OH is 1. The first kappa shape index (κ1) is 29.5. The number of anilines is 1. The van der Waals surface area contributed by atoms with Crippen molar-refractivity contribution in [1.82, 2.24) is 25.3 Å². The van der Waals surface area contributed by atoms with Crippen LogP contribution in [0.3, 0.4) is 0 Å². The largest absolute Gasteiger partial charge is 0.491 e. The monoisotopic (exact) mass is 574 g/mol. The Morgan fingerprint density at radius 1 is 1.30 bits per heavy atom. The van der Waals surface area contributed by atoms with E-state index in [1.165, 1.54) is 7.11 Å². The number of rotatable bonds is 10. The summed E-state index contributed by atoms with van der Waals surface area (Å²) in [5, 5.41) is 20.9. The zero-order valence-corrected chi connectivity index (χ0v) is 24.0. The number of aliphatic hydroxyl groups is 1. The Labute approximate surface area is 238 Å². The number of hydrogen-bond acceptors (Lipinski definition) is 11. The Morgan fingerprint density at radius 2 is 2.10 bits per heavy atom. The zero-order chi connectivity index (χ0) is 28.8. The van der Waals surface area contributed by atoms with Crippen LogP contribution in [0.25, 0.3) is 22.6 Å². The summed E-state index contributed by atoms with van der Waals surface area (Å²) in [6, 6.07) is 4.92. The second-order valence-electron chi connectivity index (χ2n) is 9.51. The number of methoxy groups -OCH3 is 1. The normalized spacial score (nSPS) is 16.1. The van der Waals surface area contributed by atoms with Crippen LogP contribution in [0.2, 0.25) is 5.02 Å². The molecule has 40 heavy (non-hydrogen) atoms. The van der Waals surface area contributed by atoms with E-state index >= 15 is 0 Å².